The molecule has 2 atom stereocenters. The molecule has 1 aromatic heterocycles. The van der Waals surface area contributed by atoms with Gasteiger partial charge in [-0.1, -0.05) is 24.3 Å². The minimum Gasteiger partial charge on any atom is -0.467 e. The van der Waals surface area contributed by atoms with Gasteiger partial charge in [-0.3, -0.25) is 4.79 Å². The van der Waals surface area contributed by atoms with Gasteiger partial charge in [0.15, 0.2) is 6.79 Å². The number of carbonyl (C=O) groups excluding carboxylic acids is 1. The fraction of sp³-hybridized carbons (Fsp3) is 0.464. The number of rotatable bonds is 7. The minimum atomic E-state index is -4.53. The number of ether oxygens (including phenoxy) is 3. The van der Waals surface area contributed by atoms with Crippen LogP contribution in [0.3, 0.4) is 0 Å². The third-order valence-corrected chi connectivity index (χ3v) is 6.36. The van der Waals surface area contributed by atoms with Crippen molar-refractivity contribution in [3.05, 3.63) is 53.7 Å². The number of hydrogen-bond donors (Lipinski definition) is 1. The Balaban J connectivity index is 1.72. The topological polar surface area (TPSA) is 82.6 Å². The highest BCUT2D eigenvalue weighted by molar-refractivity contribution is 5.96. The summed E-state index contributed by atoms with van der Waals surface area (Å²) in [6.45, 7) is 6.02. The highest BCUT2D eigenvalue weighted by Gasteiger charge is 2.35. The molecule has 10 heteroatoms. The Morgan fingerprint density at radius 3 is 2.50 bits per heavy atom. The van der Waals surface area contributed by atoms with Gasteiger partial charge in [0.1, 0.15) is 23.1 Å². The van der Waals surface area contributed by atoms with Crippen LogP contribution >= 0.6 is 0 Å². The molecule has 1 aliphatic heterocycles. The Morgan fingerprint density at radius 1 is 1.08 bits per heavy atom. The molecule has 2 heterocycles. The molecule has 1 N–H and O–H groups in total. The van der Waals surface area contributed by atoms with Crippen molar-refractivity contribution in [3.8, 4) is 17.0 Å². The van der Waals surface area contributed by atoms with Gasteiger partial charge in [0, 0.05) is 23.4 Å². The largest absolute Gasteiger partial charge is 0.467 e. The Bertz CT molecular complexity index is 1290. The van der Waals surface area contributed by atoms with Gasteiger partial charge in [0.25, 0.3) is 0 Å². The van der Waals surface area contributed by atoms with Crippen LogP contribution in [0.1, 0.15) is 44.9 Å². The van der Waals surface area contributed by atoms with E-state index in [2.05, 4.69) is 15.5 Å². The zero-order valence-corrected chi connectivity index (χ0v) is 21.9. The molecule has 7 nitrogen and oxygen atoms in total. The lowest BCUT2D eigenvalue weighted by Gasteiger charge is -2.33. The highest BCUT2D eigenvalue weighted by atomic mass is 19.4. The summed E-state index contributed by atoms with van der Waals surface area (Å²) in [4.78, 5) is 12.9. The van der Waals surface area contributed by atoms with E-state index in [0.717, 1.165) is 42.3 Å². The number of benzene rings is 2. The number of methoxy groups -OCH3 is 1. The summed E-state index contributed by atoms with van der Waals surface area (Å²) < 4.78 is 56.2. The van der Waals surface area contributed by atoms with Gasteiger partial charge >= 0.3 is 12.1 Å². The van der Waals surface area contributed by atoms with E-state index in [9.17, 15) is 18.0 Å². The molecule has 2 unspecified atom stereocenters. The van der Waals surface area contributed by atoms with Gasteiger partial charge in [-0.05, 0) is 70.7 Å². The van der Waals surface area contributed by atoms with Gasteiger partial charge in [0.2, 0.25) is 0 Å². The molecule has 1 saturated heterocycles. The average molecular weight is 532 g/mol. The summed E-state index contributed by atoms with van der Waals surface area (Å²) in [5, 5.41) is 13.8. The fourth-order valence-electron chi connectivity index (χ4n) is 4.71. The van der Waals surface area contributed by atoms with Crippen molar-refractivity contribution in [2.45, 2.75) is 57.9 Å². The molecule has 38 heavy (non-hydrogen) atoms. The number of carbonyl (C=O) groups is 1. The Hall–Kier alpha value is -3.24. The van der Waals surface area contributed by atoms with E-state index in [1.54, 1.807) is 0 Å². The Labute approximate surface area is 219 Å². The molecular weight excluding hydrogens is 499 g/mol. The second kappa shape index (κ2) is 11.2. The van der Waals surface area contributed by atoms with Crippen LogP contribution in [0.4, 0.5) is 13.2 Å². The second-order valence-electron chi connectivity index (χ2n) is 10.4. The molecule has 0 radical (unpaired) electrons. The van der Waals surface area contributed by atoms with Gasteiger partial charge in [-0.2, -0.15) is 18.3 Å². The van der Waals surface area contributed by atoms with Crippen molar-refractivity contribution >= 4 is 16.7 Å². The molecule has 0 amide bonds. The number of alkyl halides is 3. The van der Waals surface area contributed by atoms with Crippen molar-refractivity contribution in [3.63, 3.8) is 0 Å². The van der Waals surface area contributed by atoms with Crippen LogP contribution in [0.5, 0.6) is 5.75 Å². The van der Waals surface area contributed by atoms with Crippen molar-refractivity contribution in [2.75, 3.05) is 20.4 Å². The number of nitrogens with zero attached hydrogens (tertiary/aromatic N) is 2. The summed E-state index contributed by atoms with van der Waals surface area (Å²) in [5.74, 6) is -0.343. The summed E-state index contributed by atoms with van der Waals surface area (Å²) in [7, 11) is 1.39. The molecule has 1 aliphatic rings. The lowest BCUT2D eigenvalue weighted by Crippen LogP contribution is -2.50. The van der Waals surface area contributed by atoms with Gasteiger partial charge in [-0.25, -0.2) is 0 Å². The molecule has 2 aromatic carbocycles. The van der Waals surface area contributed by atoms with E-state index >= 15 is 0 Å². The number of piperidine rings is 1. The van der Waals surface area contributed by atoms with Crippen LogP contribution in [0.2, 0.25) is 0 Å². The van der Waals surface area contributed by atoms with E-state index in [-0.39, 0.29) is 24.4 Å². The predicted molar refractivity (Wildman–Crippen MR) is 137 cm³/mol. The van der Waals surface area contributed by atoms with Gasteiger partial charge < -0.3 is 19.5 Å². The molecule has 4 rings (SSSR count). The first-order valence-corrected chi connectivity index (χ1v) is 12.5. The lowest BCUT2D eigenvalue weighted by molar-refractivity contribution is -0.159. The van der Waals surface area contributed by atoms with Crippen LogP contribution in [0.25, 0.3) is 22.0 Å². The summed E-state index contributed by atoms with van der Waals surface area (Å²) in [6, 6.07) is 10.3. The van der Waals surface area contributed by atoms with Crippen LogP contribution in [0.15, 0.2) is 42.5 Å². The van der Waals surface area contributed by atoms with Crippen LogP contribution in [-0.2, 0) is 26.9 Å². The summed E-state index contributed by atoms with van der Waals surface area (Å²) >= 11 is 0. The SMILES string of the molecule is COCOc1cc(C(F)(F)F)ccc1-c1nnc(CC2CCCNC2C(=O)OC(C)(C)C)c2ccccc12. The average Bonchev–Trinajstić information content (AvgIpc) is 2.86. The predicted octanol–water partition coefficient (Wildman–Crippen LogP) is 5.55. The first-order valence-electron chi connectivity index (χ1n) is 12.5. The lowest BCUT2D eigenvalue weighted by atomic mass is 9.85. The fourth-order valence-corrected chi connectivity index (χ4v) is 4.71. The molecule has 0 spiro atoms. The maximum atomic E-state index is 13.4. The first kappa shape index (κ1) is 27.8. The molecule has 0 aliphatic carbocycles. The maximum Gasteiger partial charge on any atom is 0.416 e. The Morgan fingerprint density at radius 2 is 1.82 bits per heavy atom. The second-order valence-corrected chi connectivity index (χ2v) is 10.4. The first-order chi connectivity index (χ1) is 18.0. The monoisotopic (exact) mass is 531 g/mol. The normalized spacial score (nSPS) is 18.4. The summed E-state index contributed by atoms with van der Waals surface area (Å²) in [5.41, 5.74) is 0.0436. The van der Waals surface area contributed by atoms with Crippen molar-refractivity contribution in [1.82, 2.24) is 15.5 Å². The van der Waals surface area contributed by atoms with Crippen LogP contribution < -0.4 is 10.1 Å². The number of aromatic nitrogens is 2. The number of halogens is 3. The number of fused-ring (bicyclic) bond motifs is 1. The third kappa shape index (κ3) is 6.42. The molecule has 3 aromatic rings. The Kier molecular flexibility index (Phi) is 8.22. The van der Waals surface area contributed by atoms with Crippen LogP contribution in [0, 0.1) is 5.92 Å². The number of nitrogens with one attached hydrogen (secondary N) is 1. The smallest absolute Gasteiger partial charge is 0.416 e. The van der Waals surface area contributed by atoms with Crippen molar-refractivity contribution in [1.29, 1.82) is 0 Å². The minimum absolute atomic E-state index is 0.00431. The molecule has 204 valence electrons. The zero-order chi connectivity index (χ0) is 27.5. The van der Waals surface area contributed by atoms with Gasteiger partial charge in [0.05, 0.1) is 11.3 Å². The maximum absolute atomic E-state index is 13.4. The standard InChI is InChI=1S/C28H32F3N3O4/c1-27(2,3)38-26(35)24-17(8-7-13-32-24)14-22-19-9-5-6-10-20(19)25(34-33-22)21-12-11-18(28(29,30)31)15-23(21)37-16-36-4/h5-6,9-12,15,17,24,32H,7-8,13-14,16H2,1-4H3. The third-order valence-electron chi connectivity index (χ3n) is 6.36. The molecule has 0 saturated carbocycles. The van der Waals surface area contributed by atoms with Crippen molar-refractivity contribution < 1.29 is 32.2 Å². The highest BCUT2D eigenvalue weighted by Crippen LogP contribution is 2.39. The van der Waals surface area contributed by atoms with E-state index in [1.165, 1.54) is 13.2 Å². The zero-order valence-electron chi connectivity index (χ0n) is 21.9. The van der Waals surface area contributed by atoms with E-state index in [4.69, 9.17) is 14.2 Å². The van der Waals surface area contributed by atoms with Crippen LogP contribution in [-0.4, -0.2) is 48.3 Å². The summed E-state index contributed by atoms with van der Waals surface area (Å²) in [6.07, 6.45) is -2.30. The molecule has 1 fully saturated rings. The van der Waals surface area contributed by atoms with E-state index in [1.807, 2.05) is 45.0 Å². The van der Waals surface area contributed by atoms with Gasteiger partial charge in [-0.15, -0.1) is 5.10 Å². The van der Waals surface area contributed by atoms with E-state index in [0.29, 0.717) is 23.4 Å². The van der Waals surface area contributed by atoms with Crippen molar-refractivity contribution in [2.24, 2.45) is 5.92 Å². The molecule has 0 bridgehead atoms. The molecular formula is C28H32F3N3O4. The van der Waals surface area contributed by atoms with E-state index < -0.39 is 23.4 Å². The quantitative estimate of drug-likeness (QED) is 0.316. The number of hydrogen-bond acceptors (Lipinski definition) is 7. The number of esters is 1.